The summed E-state index contributed by atoms with van der Waals surface area (Å²) in [6.45, 7) is 0. The summed E-state index contributed by atoms with van der Waals surface area (Å²) in [5, 5.41) is 6.30. The Bertz CT molecular complexity index is 3600. The van der Waals surface area contributed by atoms with Crippen LogP contribution in [0.5, 0.6) is 0 Å². The van der Waals surface area contributed by atoms with E-state index in [0.717, 1.165) is 28.2 Å². The minimum Gasteiger partial charge on any atom is -0.359 e. The van der Waals surface area contributed by atoms with Gasteiger partial charge in [-0.2, -0.15) is 0 Å². The average Bonchev–Trinajstić information content (AvgIpc) is 3.86. The second-order valence-corrected chi connectivity index (χ2v) is 18.1. The zero-order valence-corrected chi connectivity index (χ0v) is 36.1. The van der Waals surface area contributed by atoms with Crippen molar-refractivity contribution >= 4 is 22.3 Å². The maximum Gasteiger partial charge on any atom is 0.134 e. The number of hydrogen-bond donors (Lipinski definition) is 1. The number of nitrogens with one attached hydrogen (secondary N) is 1. The van der Waals surface area contributed by atoms with Gasteiger partial charge in [0.1, 0.15) is 5.84 Å². The Labute approximate surface area is 384 Å². The Hall–Kier alpha value is -8.33. The monoisotopic (exact) mass is 838 g/mol. The molecule has 4 aliphatic rings. The van der Waals surface area contributed by atoms with Crippen LogP contribution in [0.1, 0.15) is 67.2 Å². The topological polar surface area (TPSA) is 24.4 Å². The Kier molecular flexibility index (Phi) is 7.91. The van der Waals surface area contributed by atoms with Crippen molar-refractivity contribution in [2.45, 2.75) is 16.9 Å². The second-order valence-electron chi connectivity index (χ2n) is 18.1. The van der Waals surface area contributed by atoms with Crippen LogP contribution < -0.4 is 5.32 Å². The van der Waals surface area contributed by atoms with Crippen molar-refractivity contribution in [1.29, 1.82) is 0 Å². The van der Waals surface area contributed by atoms with E-state index < -0.39 is 10.8 Å². The van der Waals surface area contributed by atoms with Gasteiger partial charge in [-0.25, -0.2) is 4.99 Å². The van der Waals surface area contributed by atoms with E-state index in [-0.39, 0.29) is 6.04 Å². The quantitative estimate of drug-likeness (QED) is 0.188. The highest BCUT2D eigenvalue weighted by Gasteiger charge is 2.58. The highest BCUT2D eigenvalue weighted by Crippen LogP contribution is 2.67. The number of fused-ring (bicyclic) bond motifs is 17. The number of nitrogens with zero attached hydrogens (tertiary/aromatic N) is 1. The lowest BCUT2D eigenvalue weighted by Gasteiger charge is -2.48. The van der Waals surface area contributed by atoms with Gasteiger partial charge >= 0.3 is 0 Å². The van der Waals surface area contributed by atoms with Crippen LogP contribution in [0.25, 0.3) is 49.9 Å². The Morgan fingerprint density at radius 3 is 1.39 bits per heavy atom. The van der Waals surface area contributed by atoms with Gasteiger partial charge in [0.15, 0.2) is 0 Å². The van der Waals surface area contributed by atoms with Gasteiger partial charge in [0, 0.05) is 11.1 Å². The molecular weight excluding hydrogens is 797 g/mol. The van der Waals surface area contributed by atoms with Gasteiger partial charge in [0.2, 0.25) is 0 Å². The van der Waals surface area contributed by atoms with Gasteiger partial charge in [0.05, 0.1) is 22.6 Å². The smallest absolute Gasteiger partial charge is 0.134 e. The minimum absolute atomic E-state index is 0.0906. The van der Waals surface area contributed by atoms with Gasteiger partial charge in [-0.15, -0.1) is 0 Å². The van der Waals surface area contributed by atoms with Gasteiger partial charge in [-0.3, -0.25) is 0 Å². The first-order chi connectivity index (χ1) is 32.7. The number of rotatable bonds is 4. The predicted octanol–water partition coefficient (Wildman–Crippen LogP) is 14.7. The first-order valence-corrected chi connectivity index (χ1v) is 23.1. The molecule has 308 valence electrons. The summed E-state index contributed by atoms with van der Waals surface area (Å²) in [7, 11) is 0. The largest absolute Gasteiger partial charge is 0.359 e. The third-order valence-corrected chi connectivity index (χ3v) is 15.0. The molecule has 10 aromatic carbocycles. The molecule has 3 aliphatic carbocycles. The van der Waals surface area contributed by atoms with Crippen LogP contribution in [0.3, 0.4) is 0 Å². The van der Waals surface area contributed by atoms with Crippen LogP contribution in [0.15, 0.2) is 248 Å². The predicted molar refractivity (Wildman–Crippen MR) is 271 cm³/mol. The van der Waals surface area contributed by atoms with Crippen LogP contribution in [-0.4, -0.2) is 5.84 Å². The van der Waals surface area contributed by atoms with Crippen molar-refractivity contribution in [3.8, 4) is 33.4 Å². The molecule has 1 aliphatic heterocycles. The molecule has 0 amide bonds. The molecular formula is C64H42N2. The van der Waals surface area contributed by atoms with E-state index in [1.165, 1.54) is 88.7 Å². The Morgan fingerprint density at radius 2 is 0.788 bits per heavy atom. The van der Waals surface area contributed by atoms with Crippen LogP contribution >= 0.6 is 0 Å². The number of amidine groups is 1. The fraction of sp³-hybridized carbons (Fsp3) is 0.0469. The van der Waals surface area contributed by atoms with Crippen LogP contribution in [0.4, 0.5) is 0 Å². The number of benzene rings is 10. The molecule has 10 aromatic rings. The van der Waals surface area contributed by atoms with Crippen molar-refractivity contribution in [1.82, 2.24) is 5.32 Å². The van der Waals surface area contributed by atoms with Crippen LogP contribution in [0.2, 0.25) is 0 Å². The third kappa shape index (κ3) is 4.93. The molecule has 1 heterocycles. The third-order valence-electron chi connectivity index (χ3n) is 15.0. The van der Waals surface area contributed by atoms with E-state index in [1.807, 2.05) is 0 Å². The highest BCUT2D eigenvalue weighted by atomic mass is 15.0. The first kappa shape index (κ1) is 37.1. The van der Waals surface area contributed by atoms with Crippen molar-refractivity contribution in [3.05, 3.63) is 304 Å². The number of aliphatic imine (C=N–C) groups is 1. The fourth-order valence-corrected chi connectivity index (χ4v) is 12.5. The lowest BCUT2D eigenvalue weighted by molar-refractivity contribution is 0.633. The molecule has 1 unspecified atom stereocenters. The molecule has 0 radical (unpaired) electrons. The molecule has 2 spiro atoms. The normalized spacial score (nSPS) is 16.3. The summed E-state index contributed by atoms with van der Waals surface area (Å²) in [5.41, 5.74) is 21.6. The van der Waals surface area contributed by atoms with E-state index in [2.05, 4.69) is 248 Å². The summed E-state index contributed by atoms with van der Waals surface area (Å²) in [4.78, 5) is 5.42. The highest BCUT2D eigenvalue weighted by molar-refractivity contribution is 6.05. The molecule has 1 N–H and O–H groups in total. The summed E-state index contributed by atoms with van der Waals surface area (Å²) < 4.78 is 0. The van der Waals surface area contributed by atoms with E-state index in [4.69, 9.17) is 4.99 Å². The molecule has 1 atom stereocenters. The molecule has 14 rings (SSSR count). The molecule has 0 aromatic heterocycles. The lowest BCUT2D eigenvalue weighted by atomic mass is 9.52. The van der Waals surface area contributed by atoms with Gasteiger partial charge in [-0.05, 0) is 106 Å². The zero-order valence-electron chi connectivity index (χ0n) is 36.1. The van der Waals surface area contributed by atoms with E-state index >= 15 is 0 Å². The van der Waals surface area contributed by atoms with E-state index in [0.29, 0.717) is 0 Å². The van der Waals surface area contributed by atoms with E-state index in [9.17, 15) is 0 Å². The molecule has 0 fully saturated rings. The molecule has 66 heavy (non-hydrogen) atoms. The maximum absolute atomic E-state index is 5.42. The minimum atomic E-state index is -0.535. The van der Waals surface area contributed by atoms with Gasteiger partial charge in [-0.1, -0.05) is 231 Å². The van der Waals surface area contributed by atoms with Crippen molar-refractivity contribution in [3.63, 3.8) is 0 Å². The standard InChI is InChI=1S/C64H42N2/c1-2-20-42(21-3-1)62-65-60(40-61(66-62)50-29-18-22-41-19-4-5-23-44(41)50)49-28-7-6-24-45(49)43-37-38-55-51(39-43)48-27-10-13-32-54(48)64(55)58-35-16-14-33-56(58)63(57-34-15-17-36-59(57)64)52-30-11-8-25-46(52)47-26-9-12-31-53(47)63/h1-40,61H,(H,65,66). The Balaban J connectivity index is 0.981. The van der Waals surface area contributed by atoms with Crippen molar-refractivity contribution in [2.75, 3.05) is 0 Å². The summed E-state index contributed by atoms with van der Waals surface area (Å²) in [5.74, 6) is 0.866. The van der Waals surface area contributed by atoms with Crippen molar-refractivity contribution in [2.24, 2.45) is 4.99 Å². The van der Waals surface area contributed by atoms with Gasteiger partial charge in [0.25, 0.3) is 0 Å². The van der Waals surface area contributed by atoms with Gasteiger partial charge < -0.3 is 5.32 Å². The SMILES string of the molecule is C1=C(c2ccccc2-c2ccc3c(c2)-c2ccccc2C32c3ccccc3C3(c4ccccc4-c4ccccc43)c3ccccc32)N=C(c2ccccc2)NC1c1cccc2ccccc12. The molecule has 0 saturated heterocycles. The molecule has 0 saturated carbocycles. The second kappa shape index (κ2) is 14.1. The summed E-state index contributed by atoms with van der Waals surface area (Å²) >= 11 is 0. The number of hydrogen-bond acceptors (Lipinski definition) is 2. The summed E-state index contributed by atoms with van der Waals surface area (Å²) in [6.07, 6.45) is 2.32. The summed E-state index contributed by atoms with van der Waals surface area (Å²) in [6, 6.07) is 87.8. The average molecular weight is 839 g/mol. The van der Waals surface area contributed by atoms with Crippen LogP contribution in [-0.2, 0) is 10.8 Å². The Morgan fingerprint density at radius 1 is 0.333 bits per heavy atom. The van der Waals surface area contributed by atoms with Crippen LogP contribution in [0, 0.1) is 0 Å². The molecule has 0 bridgehead atoms. The lowest BCUT2D eigenvalue weighted by Crippen LogP contribution is -2.43. The fourth-order valence-electron chi connectivity index (χ4n) is 12.5. The molecule has 2 nitrogen and oxygen atoms in total. The van der Waals surface area contributed by atoms with E-state index in [1.54, 1.807) is 0 Å². The first-order valence-electron chi connectivity index (χ1n) is 23.1. The molecule has 2 heteroatoms. The van der Waals surface area contributed by atoms with Crippen molar-refractivity contribution < 1.29 is 0 Å². The maximum atomic E-state index is 5.42. The zero-order chi connectivity index (χ0) is 43.4.